The highest BCUT2D eigenvalue weighted by atomic mass is 35.5. The number of carbonyl (C=O) groups is 2. The molecule has 29 heavy (non-hydrogen) atoms. The Hall–Kier alpha value is -2.65. The standard InChI is InChI=1S/C19H20ClN3O5S/c1-28-18(24)14-5-6-16(21-12-14)13-23(17-4-2-3-15(20)11-17)19(25)22-7-9-29(26,27)10-8-22/h2-6,11-12H,7-10,13H2,1H3. The van der Waals surface area contributed by atoms with Crippen LogP contribution in [0.5, 0.6) is 0 Å². The van der Waals surface area contributed by atoms with Crippen LogP contribution in [0.2, 0.25) is 5.02 Å². The molecule has 1 fully saturated rings. The lowest BCUT2D eigenvalue weighted by Crippen LogP contribution is -2.49. The van der Waals surface area contributed by atoms with Gasteiger partial charge in [-0.2, -0.15) is 0 Å². The maximum atomic E-state index is 13.2. The molecule has 0 unspecified atom stereocenters. The molecule has 0 atom stereocenters. The van der Waals surface area contributed by atoms with Crippen molar-refractivity contribution in [3.05, 3.63) is 58.9 Å². The van der Waals surface area contributed by atoms with Crippen LogP contribution in [-0.2, 0) is 21.1 Å². The third kappa shape index (κ3) is 5.24. The van der Waals surface area contributed by atoms with Gasteiger partial charge in [0.2, 0.25) is 0 Å². The van der Waals surface area contributed by atoms with Crippen molar-refractivity contribution in [2.45, 2.75) is 6.54 Å². The van der Waals surface area contributed by atoms with Gasteiger partial charge in [-0.25, -0.2) is 18.0 Å². The van der Waals surface area contributed by atoms with Crippen molar-refractivity contribution in [3.8, 4) is 0 Å². The van der Waals surface area contributed by atoms with Gasteiger partial charge in [0, 0.05) is 30.0 Å². The van der Waals surface area contributed by atoms with Gasteiger partial charge in [0.1, 0.15) is 0 Å². The van der Waals surface area contributed by atoms with Crippen molar-refractivity contribution < 1.29 is 22.7 Å². The summed E-state index contributed by atoms with van der Waals surface area (Å²) in [7, 11) is -1.82. The molecule has 1 aromatic heterocycles. The largest absolute Gasteiger partial charge is 0.465 e. The molecule has 2 aromatic rings. The van der Waals surface area contributed by atoms with E-state index in [4.69, 9.17) is 11.6 Å². The minimum atomic E-state index is -3.11. The van der Waals surface area contributed by atoms with Gasteiger partial charge >= 0.3 is 12.0 Å². The second-order valence-electron chi connectivity index (χ2n) is 6.52. The van der Waals surface area contributed by atoms with Gasteiger partial charge in [0.05, 0.1) is 36.4 Å². The third-order valence-electron chi connectivity index (χ3n) is 4.53. The van der Waals surface area contributed by atoms with Crippen molar-refractivity contribution in [3.63, 3.8) is 0 Å². The van der Waals surface area contributed by atoms with Crippen LogP contribution in [-0.4, -0.2) is 62.0 Å². The van der Waals surface area contributed by atoms with E-state index >= 15 is 0 Å². The van der Waals surface area contributed by atoms with E-state index in [0.717, 1.165) is 0 Å². The number of esters is 1. The summed E-state index contributed by atoms with van der Waals surface area (Å²) in [6, 6.07) is 9.70. The maximum absolute atomic E-state index is 13.2. The number of anilines is 1. The van der Waals surface area contributed by atoms with Crippen molar-refractivity contribution in [2.24, 2.45) is 0 Å². The number of urea groups is 1. The Kier molecular flexibility index (Phi) is 6.39. The summed E-state index contributed by atoms with van der Waals surface area (Å²) in [6.07, 6.45) is 1.38. The second-order valence-corrected chi connectivity index (χ2v) is 9.26. The SMILES string of the molecule is COC(=O)c1ccc(CN(C(=O)N2CCS(=O)(=O)CC2)c2cccc(Cl)c2)nc1. The van der Waals surface area contributed by atoms with Crippen LogP contribution in [0.15, 0.2) is 42.6 Å². The van der Waals surface area contributed by atoms with Crippen LogP contribution < -0.4 is 4.90 Å². The number of aromatic nitrogens is 1. The number of sulfone groups is 1. The van der Waals surface area contributed by atoms with Crippen LogP contribution in [0.1, 0.15) is 16.1 Å². The number of methoxy groups -OCH3 is 1. The number of benzene rings is 1. The molecule has 154 valence electrons. The quantitative estimate of drug-likeness (QED) is 0.681. The lowest BCUT2D eigenvalue weighted by atomic mass is 10.2. The summed E-state index contributed by atoms with van der Waals surface area (Å²) in [4.78, 5) is 32.0. The average molecular weight is 438 g/mol. The van der Waals surface area contributed by atoms with Crippen molar-refractivity contribution in [1.82, 2.24) is 9.88 Å². The number of halogens is 1. The molecule has 3 rings (SSSR count). The van der Waals surface area contributed by atoms with Crippen LogP contribution >= 0.6 is 11.6 Å². The molecule has 2 amide bonds. The van der Waals surface area contributed by atoms with E-state index in [-0.39, 0.29) is 37.2 Å². The first-order chi connectivity index (χ1) is 13.8. The molecule has 1 aromatic carbocycles. The molecule has 0 spiro atoms. The van der Waals surface area contributed by atoms with Gasteiger partial charge in [0.15, 0.2) is 9.84 Å². The summed E-state index contributed by atoms with van der Waals surface area (Å²) < 4.78 is 28.0. The smallest absolute Gasteiger partial charge is 0.339 e. The number of pyridine rings is 1. The Labute approximate surface area is 174 Å². The van der Waals surface area contributed by atoms with Gasteiger partial charge in [-0.15, -0.1) is 0 Å². The molecule has 1 aliphatic rings. The zero-order valence-corrected chi connectivity index (χ0v) is 17.3. The number of amides is 2. The molecule has 0 radical (unpaired) electrons. The highest BCUT2D eigenvalue weighted by Gasteiger charge is 2.29. The van der Waals surface area contributed by atoms with E-state index in [9.17, 15) is 18.0 Å². The van der Waals surface area contributed by atoms with E-state index in [1.165, 1.54) is 23.1 Å². The fourth-order valence-corrected chi connectivity index (χ4v) is 4.29. The third-order valence-corrected chi connectivity index (χ3v) is 6.38. The fourth-order valence-electron chi connectivity index (χ4n) is 2.91. The summed E-state index contributed by atoms with van der Waals surface area (Å²) >= 11 is 6.09. The summed E-state index contributed by atoms with van der Waals surface area (Å²) in [5.41, 5.74) is 1.42. The van der Waals surface area contributed by atoms with E-state index in [2.05, 4.69) is 9.72 Å². The first kappa shape index (κ1) is 21.1. The highest BCUT2D eigenvalue weighted by Crippen LogP contribution is 2.23. The maximum Gasteiger partial charge on any atom is 0.339 e. The lowest BCUT2D eigenvalue weighted by Gasteiger charge is -2.33. The van der Waals surface area contributed by atoms with E-state index in [1.807, 2.05) is 0 Å². The van der Waals surface area contributed by atoms with Crippen molar-refractivity contribution >= 4 is 39.1 Å². The minimum Gasteiger partial charge on any atom is -0.465 e. The van der Waals surface area contributed by atoms with Gasteiger partial charge in [-0.05, 0) is 30.3 Å². The Morgan fingerprint density at radius 2 is 1.93 bits per heavy atom. The molecular formula is C19H20ClN3O5S. The first-order valence-corrected chi connectivity index (χ1v) is 11.0. The van der Waals surface area contributed by atoms with Crippen LogP contribution in [0, 0.1) is 0 Å². The molecular weight excluding hydrogens is 418 g/mol. The second kappa shape index (κ2) is 8.79. The molecule has 8 nitrogen and oxygen atoms in total. The molecule has 10 heteroatoms. The molecule has 1 aliphatic heterocycles. The van der Waals surface area contributed by atoms with E-state index in [0.29, 0.717) is 22.0 Å². The monoisotopic (exact) mass is 437 g/mol. The van der Waals surface area contributed by atoms with Gasteiger partial charge in [-0.3, -0.25) is 9.88 Å². The number of carbonyl (C=O) groups excluding carboxylic acids is 2. The van der Waals surface area contributed by atoms with E-state index in [1.54, 1.807) is 36.4 Å². The molecule has 0 saturated carbocycles. The summed E-state index contributed by atoms with van der Waals surface area (Å²) in [5, 5.41) is 0.468. The zero-order chi connectivity index (χ0) is 21.0. The number of rotatable bonds is 4. The fraction of sp³-hybridized carbons (Fsp3) is 0.316. The molecule has 0 N–H and O–H groups in total. The molecule has 0 bridgehead atoms. The summed E-state index contributed by atoms with van der Waals surface area (Å²) in [6.45, 7) is 0.393. The van der Waals surface area contributed by atoms with Gasteiger partial charge in [-0.1, -0.05) is 17.7 Å². The average Bonchev–Trinajstić information content (AvgIpc) is 2.71. The highest BCUT2D eigenvalue weighted by molar-refractivity contribution is 7.91. The van der Waals surface area contributed by atoms with Gasteiger partial charge < -0.3 is 9.64 Å². The predicted octanol–water partition coefficient (Wildman–Crippen LogP) is 2.38. The molecule has 2 heterocycles. The number of hydrogen-bond donors (Lipinski definition) is 0. The number of ether oxygens (including phenoxy) is 1. The lowest BCUT2D eigenvalue weighted by molar-refractivity contribution is 0.0600. The summed E-state index contributed by atoms with van der Waals surface area (Å²) in [5.74, 6) is -0.621. The van der Waals surface area contributed by atoms with Crippen LogP contribution in [0.4, 0.5) is 10.5 Å². The van der Waals surface area contributed by atoms with Gasteiger partial charge in [0.25, 0.3) is 0 Å². The number of nitrogens with zero attached hydrogens (tertiary/aromatic N) is 3. The minimum absolute atomic E-state index is 0.0613. The topological polar surface area (TPSA) is 96.9 Å². The number of hydrogen-bond acceptors (Lipinski definition) is 6. The van der Waals surface area contributed by atoms with Crippen molar-refractivity contribution in [1.29, 1.82) is 0 Å². The Bertz CT molecular complexity index is 997. The van der Waals surface area contributed by atoms with E-state index < -0.39 is 15.8 Å². The Balaban J connectivity index is 1.85. The Morgan fingerprint density at radius 1 is 1.21 bits per heavy atom. The van der Waals surface area contributed by atoms with Crippen LogP contribution in [0.25, 0.3) is 0 Å². The van der Waals surface area contributed by atoms with Crippen molar-refractivity contribution in [2.75, 3.05) is 36.6 Å². The predicted molar refractivity (Wildman–Crippen MR) is 109 cm³/mol. The zero-order valence-electron chi connectivity index (χ0n) is 15.7. The first-order valence-electron chi connectivity index (χ1n) is 8.85. The normalized spacial score (nSPS) is 15.6. The molecule has 1 saturated heterocycles. The molecule has 0 aliphatic carbocycles. The Morgan fingerprint density at radius 3 is 2.52 bits per heavy atom. The van der Waals surface area contributed by atoms with Crippen LogP contribution in [0.3, 0.4) is 0 Å².